The number of nitrogens with one attached hydrogen (secondary N) is 1. The number of ether oxygens (including phenoxy) is 2. The molecular weight excluding hydrogens is 237 g/mol. The van der Waals surface area contributed by atoms with Crippen molar-refractivity contribution in [3.8, 4) is 5.75 Å². The van der Waals surface area contributed by atoms with Gasteiger partial charge in [0.2, 0.25) is 0 Å². The van der Waals surface area contributed by atoms with Crippen molar-refractivity contribution in [1.82, 2.24) is 5.32 Å². The van der Waals surface area contributed by atoms with Crippen LogP contribution >= 0.6 is 0 Å². The van der Waals surface area contributed by atoms with E-state index in [1.54, 1.807) is 27.0 Å². The Morgan fingerprint density at radius 1 is 1.44 bits per heavy atom. The van der Waals surface area contributed by atoms with Gasteiger partial charge in [-0.3, -0.25) is 0 Å². The summed E-state index contributed by atoms with van der Waals surface area (Å²) in [6.07, 6.45) is -0.755. The van der Waals surface area contributed by atoms with E-state index in [0.717, 1.165) is 5.56 Å². The largest absolute Gasteiger partial charge is 0.479 e. The Balaban J connectivity index is 2.74. The first kappa shape index (κ1) is 14.4. The summed E-state index contributed by atoms with van der Waals surface area (Å²) in [4.78, 5) is 11.4. The Labute approximate surface area is 106 Å². The summed E-state index contributed by atoms with van der Waals surface area (Å²) in [6, 6.07) is 4.35. The first-order chi connectivity index (χ1) is 8.56. The fourth-order valence-electron chi connectivity index (χ4n) is 1.51. The zero-order valence-corrected chi connectivity index (χ0v) is 10.8. The van der Waals surface area contributed by atoms with Crippen molar-refractivity contribution in [2.45, 2.75) is 26.5 Å². The molecule has 0 aliphatic rings. The highest BCUT2D eigenvalue weighted by molar-refractivity contribution is 5.74. The van der Waals surface area contributed by atoms with E-state index in [9.17, 15) is 9.18 Å². The lowest BCUT2D eigenvalue weighted by atomic mass is 10.2. The average molecular weight is 255 g/mol. The van der Waals surface area contributed by atoms with Crippen molar-refractivity contribution in [3.63, 3.8) is 0 Å². The standard InChI is InChI=1S/C13H18FNO3/c1-4-17-13(16)9(2)18-12-6-10(8-15-3)5-11(14)7-12/h5-7,9,15H,4,8H2,1-3H3. The fourth-order valence-corrected chi connectivity index (χ4v) is 1.51. The third kappa shape index (κ3) is 4.33. The Morgan fingerprint density at radius 3 is 2.78 bits per heavy atom. The maximum atomic E-state index is 13.3. The van der Waals surface area contributed by atoms with E-state index < -0.39 is 17.9 Å². The molecule has 1 rings (SSSR count). The van der Waals surface area contributed by atoms with Gasteiger partial charge in [0.25, 0.3) is 0 Å². The second-order valence-electron chi connectivity index (χ2n) is 3.84. The van der Waals surface area contributed by atoms with Crippen LogP contribution in [-0.4, -0.2) is 25.7 Å². The number of benzene rings is 1. The van der Waals surface area contributed by atoms with Gasteiger partial charge in [-0.15, -0.1) is 0 Å². The SMILES string of the molecule is CCOC(=O)C(C)Oc1cc(F)cc(CNC)c1. The van der Waals surface area contributed by atoms with Crippen molar-refractivity contribution in [3.05, 3.63) is 29.6 Å². The number of hydrogen-bond acceptors (Lipinski definition) is 4. The van der Waals surface area contributed by atoms with Gasteiger partial charge in [-0.1, -0.05) is 0 Å². The van der Waals surface area contributed by atoms with Crippen LogP contribution in [0.5, 0.6) is 5.75 Å². The molecule has 0 aliphatic carbocycles. The van der Waals surface area contributed by atoms with Crippen LogP contribution in [0, 0.1) is 5.82 Å². The van der Waals surface area contributed by atoms with E-state index in [1.807, 2.05) is 0 Å². The molecule has 5 heteroatoms. The molecule has 0 saturated heterocycles. The zero-order valence-electron chi connectivity index (χ0n) is 10.8. The fraction of sp³-hybridized carbons (Fsp3) is 0.462. The highest BCUT2D eigenvalue weighted by atomic mass is 19.1. The van der Waals surface area contributed by atoms with Crippen molar-refractivity contribution in [2.24, 2.45) is 0 Å². The van der Waals surface area contributed by atoms with E-state index in [-0.39, 0.29) is 0 Å². The van der Waals surface area contributed by atoms with Gasteiger partial charge in [-0.05, 0) is 38.6 Å². The summed E-state index contributed by atoms with van der Waals surface area (Å²) < 4.78 is 23.5. The van der Waals surface area contributed by atoms with Crippen molar-refractivity contribution in [2.75, 3.05) is 13.7 Å². The second kappa shape index (κ2) is 6.96. The first-order valence-corrected chi connectivity index (χ1v) is 5.84. The van der Waals surface area contributed by atoms with E-state index in [0.29, 0.717) is 18.9 Å². The normalized spacial score (nSPS) is 12.0. The third-order valence-electron chi connectivity index (χ3n) is 2.24. The van der Waals surface area contributed by atoms with Crippen LogP contribution < -0.4 is 10.1 Å². The monoisotopic (exact) mass is 255 g/mol. The van der Waals surface area contributed by atoms with Crippen LogP contribution in [0.25, 0.3) is 0 Å². The molecule has 1 aromatic rings. The Kier molecular flexibility index (Phi) is 5.58. The van der Waals surface area contributed by atoms with E-state index >= 15 is 0 Å². The molecule has 0 heterocycles. The van der Waals surface area contributed by atoms with Crippen molar-refractivity contribution >= 4 is 5.97 Å². The third-order valence-corrected chi connectivity index (χ3v) is 2.24. The second-order valence-corrected chi connectivity index (χ2v) is 3.84. The number of halogens is 1. The quantitative estimate of drug-likeness (QED) is 0.788. The number of esters is 1. The Bertz CT molecular complexity index is 409. The molecule has 0 aliphatic heterocycles. The van der Waals surface area contributed by atoms with Gasteiger partial charge in [-0.2, -0.15) is 0 Å². The smallest absolute Gasteiger partial charge is 0.347 e. The minimum Gasteiger partial charge on any atom is -0.479 e. The Hall–Kier alpha value is -1.62. The molecule has 1 aromatic carbocycles. The van der Waals surface area contributed by atoms with Gasteiger partial charge < -0.3 is 14.8 Å². The summed E-state index contributed by atoms with van der Waals surface area (Å²) in [5.74, 6) is -0.536. The lowest BCUT2D eigenvalue weighted by Gasteiger charge is -2.14. The molecule has 1 N–H and O–H groups in total. The average Bonchev–Trinajstić information content (AvgIpc) is 2.28. The molecule has 100 valence electrons. The predicted molar refractivity (Wildman–Crippen MR) is 65.9 cm³/mol. The van der Waals surface area contributed by atoms with Crippen molar-refractivity contribution in [1.29, 1.82) is 0 Å². The molecule has 4 nitrogen and oxygen atoms in total. The topological polar surface area (TPSA) is 47.6 Å². The molecule has 1 unspecified atom stereocenters. The number of carbonyl (C=O) groups excluding carboxylic acids is 1. The van der Waals surface area contributed by atoms with Gasteiger partial charge in [-0.25, -0.2) is 9.18 Å². The molecule has 1 atom stereocenters. The van der Waals surface area contributed by atoms with Crippen LogP contribution in [0.3, 0.4) is 0 Å². The molecule has 0 aromatic heterocycles. The molecule has 0 amide bonds. The van der Waals surface area contributed by atoms with Gasteiger partial charge in [0, 0.05) is 12.6 Å². The van der Waals surface area contributed by atoms with Crippen LogP contribution in [0.15, 0.2) is 18.2 Å². The maximum absolute atomic E-state index is 13.3. The van der Waals surface area contributed by atoms with Crippen LogP contribution in [-0.2, 0) is 16.1 Å². The molecule has 0 fully saturated rings. The molecule has 0 bridgehead atoms. The van der Waals surface area contributed by atoms with E-state index in [2.05, 4.69) is 5.32 Å². The Morgan fingerprint density at radius 2 is 2.17 bits per heavy atom. The number of rotatable bonds is 6. The molecule has 18 heavy (non-hydrogen) atoms. The first-order valence-electron chi connectivity index (χ1n) is 5.84. The van der Waals surface area contributed by atoms with Crippen LogP contribution in [0.2, 0.25) is 0 Å². The number of hydrogen-bond donors (Lipinski definition) is 1. The molecule has 0 spiro atoms. The van der Waals surface area contributed by atoms with Gasteiger partial charge >= 0.3 is 5.97 Å². The maximum Gasteiger partial charge on any atom is 0.347 e. The minimum atomic E-state index is -0.755. The molecular formula is C13H18FNO3. The molecule has 0 radical (unpaired) electrons. The van der Waals surface area contributed by atoms with Crippen molar-refractivity contribution < 1.29 is 18.7 Å². The highest BCUT2D eigenvalue weighted by Gasteiger charge is 2.16. The summed E-state index contributed by atoms with van der Waals surface area (Å²) in [5.41, 5.74) is 0.753. The lowest BCUT2D eigenvalue weighted by Crippen LogP contribution is -2.26. The van der Waals surface area contributed by atoms with Gasteiger partial charge in [0.1, 0.15) is 11.6 Å². The summed E-state index contributed by atoms with van der Waals surface area (Å²) in [6.45, 7) is 4.11. The van der Waals surface area contributed by atoms with E-state index in [4.69, 9.17) is 9.47 Å². The van der Waals surface area contributed by atoms with Gasteiger partial charge in [0.05, 0.1) is 6.61 Å². The van der Waals surface area contributed by atoms with Crippen LogP contribution in [0.4, 0.5) is 4.39 Å². The number of carbonyl (C=O) groups is 1. The summed E-state index contributed by atoms with van der Waals surface area (Å²) in [7, 11) is 1.77. The lowest BCUT2D eigenvalue weighted by molar-refractivity contribution is -0.150. The minimum absolute atomic E-state index is 0.292. The highest BCUT2D eigenvalue weighted by Crippen LogP contribution is 2.18. The van der Waals surface area contributed by atoms with Gasteiger partial charge in [0.15, 0.2) is 6.10 Å². The summed E-state index contributed by atoms with van der Waals surface area (Å²) >= 11 is 0. The molecule has 0 saturated carbocycles. The predicted octanol–water partition coefficient (Wildman–Crippen LogP) is 1.88. The zero-order chi connectivity index (χ0) is 13.5. The van der Waals surface area contributed by atoms with Crippen LogP contribution in [0.1, 0.15) is 19.4 Å². The van der Waals surface area contributed by atoms with E-state index in [1.165, 1.54) is 12.1 Å². The summed E-state index contributed by atoms with van der Waals surface area (Å²) in [5, 5.41) is 2.92.